The second kappa shape index (κ2) is 1.89. The van der Waals surface area contributed by atoms with Gasteiger partial charge < -0.3 is 0 Å². The van der Waals surface area contributed by atoms with E-state index in [0.717, 1.165) is 5.92 Å². The summed E-state index contributed by atoms with van der Waals surface area (Å²) in [5.74, 6) is 1.04. The molecule has 3 saturated heterocycles. The van der Waals surface area contributed by atoms with Gasteiger partial charge in [-0.3, -0.25) is 4.90 Å². The number of fused-ring (bicyclic) bond motifs is 1. The normalized spacial score (nSPS) is 58.0. The quantitative estimate of drug-likeness (QED) is 0.533. The molecule has 0 aromatic carbocycles. The second-order valence-corrected chi connectivity index (χ2v) is 5.71. The molecule has 2 bridgehead atoms. The van der Waals surface area contributed by atoms with Crippen LogP contribution in [-0.4, -0.2) is 22.5 Å². The minimum absolute atomic E-state index is 0.599. The van der Waals surface area contributed by atoms with Gasteiger partial charge in [0.25, 0.3) is 0 Å². The van der Waals surface area contributed by atoms with Crippen LogP contribution < -0.4 is 0 Å². The van der Waals surface area contributed by atoms with Gasteiger partial charge in [0, 0.05) is 17.6 Å². The molecule has 3 rings (SSSR count). The van der Waals surface area contributed by atoms with Crippen molar-refractivity contribution in [2.24, 2.45) is 5.92 Å². The molecule has 12 heavy (non-hydrogen) atoms. The first-order valence-electron chi connectivity index (χ1n) is 5.40. The summed E-state index contributed by atoms with van der Waals surface area (Å²) in [6.45, 7) is 6.39. The van der Waals surface area contributed by atoms with Crippen molar-refractivity contribution in [1.29, 1.82) is 0 Å². The summed E-state index contributed by atoms with van der Waals surface area (Å²) in [6, 6.07) is 0. The van der Waals surface area contributed by atoms with Crippen LogP contribution in [0.1, 0.15) is 46.0 Å². The lowest BCUT2D eigenvalue weighted by molar-refractivity contribution is 0.0705. The van der Waals surface area contributed by atoms with Gasteiger partial charge in [-0.1, -0.05) is 0 Å². The molecule has 1 heteroatoms. The van der Waals surface area contributed by atoms with E-state index in [1.807, 2.05) is 0 Å². The van der Waals surface area contributed by atoms with Crippen molar-refractivity contribution in [2.75, 3.05) is 6.54 Å². The number of nitrogens with zero attached hydrogens (tertiary/aromatic N) is 1. The maximum absolute atomic E-state index is 2.83. The Balaban J connectivity index is 2.04. The zero-order chi connectivity index (χ0) is 8.40. The third-order valence-corrected chi connectivity index (χ3v) is 4.77. The van der Waals surface area contributed by atoms with Gasteiger partial charge >= 0.3 is 0 Å². The van der Waals surface area contributed by atoms with E-state index in [-0.39, 0.29) is 0 Å². The number of hydrogen-bond acceptors (Lipinski definition) is 1. The van der Waals surface area contributed by atoms with E-state index < -0.39 is 0 Å². The monoisotopic (exact) mass is 165 g/mol. The summed E-state index contributed by atoms with van der Waals surface area (Å²) in [7, 11) is 0. The molecule has 68 valence electrons. The number of hydrogen-bond donors (Lipinski definition) is 0. The smallest absolute Gasteiger partial charge is 0.0190 e. The molecule has 3 aliphatic rings. The maximum atomic E-state index is 2.83. The highest BCUT2D eigenvalue weighted by molar-refractivity contribution is 5.12. The van der Waals surface area contributed by atoms with Gasteiger partial charge in [-0.15, -0.1) is 0 Å². The fraction of sp³-hybridized carbons (Fsp3) is 1.00. The van der Waals surface area contributed by atoms with Crippen molar-refractivity contribution in [3.63, 3.8) is 0 Å². The molecule has 1 unspecified atom stereocenters. The van der Waals surface area contributed by atoms with Gasteiger partial charge in [-0.05, 0) is 51.9 Å². The Labute approximate surface area is 75.1 Å². The van der Waals surface area contributed by atoms with Gasteiger partial charge in [-0.2, -0.15) is 0 Å². The van der Waals surface area contributed by atoms with E-state index in [0.29, 0.717) is 11.1 Å². The highest BCUT2D eigenvalue weighted by Gasteiger charge is 2.57. The van der Waals surface area contributed by atoms with Gasteiger partial charge in [0.05, 0.1) is 0 Å². The third kappa shape index (κ3) is 0.693. The van der Waals surface area contributed by atoms with Gasteiger partial charge in [0.2, 0.25) is 0 Å². The molecule has 0 aliphatic carbocycles. The lowest BCUT2D eigenvalue weighted by atomic mass is 9.81. The Morgan fingerprint density at radius 2 is 1.83 bits per heavy atom. The topological polar surface area (TPSA) is 3.24 Å². The van der Waals surface area contributed by atoms with Crippen molar-refractivity contribution in [3.05, 3.63) is 0 Å². The van der Waals surface area contributed by atoms with Crippen molar-refractivity contribution >= 4 is 0 Å². The van der Waals surface area contributed by atoms with Crippen LogP contribution in [0.3, 0.4) is 0 Å². The second-order valence-electron chi connectivity index (χ2n) is 5.71. The first-order chi connectivity index (χ1) is 5.62. The Morgan fingerprint density at radius 3 is 2.67 bits per heavy atom. The Bertz CT molecular complexity index is 210. The molecule has 0 radical (unpaired) electrons. The molecule has 1 nitrogen and oxygen atoms in total. The minimum Gasteiger partial charge on any atom is -0.292 e. The molecule has 3 aliphatic heterocycles. The average Bonchev–Trinajstić information content (AvgIpc) is 2.43. The Kier molecular flexibility index (Phi) is 1.16. The molecule has 0 spiro atoms. The van der Waals surface area contributed by atoms with Crippen LogP contribution in [0.15, 0.2) is 0 Å². The molecule has 0 aromatic rings. The van der Waals surface area contributed by atoms with Gasteiger partial charge in [0.15, 0.2) is 0 Å². The largest absolute Gasteiger partial charge is 0.292 e. The lowest BCUT2D eigenvalue weighted by Crippen LogP contribution is -2.48. The highest BCUT2D eigenvalue weighted by atomic mass is 15.3. The van der Waals surface area contributed by atoms with Crippen LogP contribution in [0.5, 0.6) is 0 Å². The number of rotatable bonds is 0. The zero-order valence-electron chi connectivity index (χ0n) is 8.27. The third-order valence-electron chi connectivity index (χ3n) is 4.77. The highest BCUT2D eigenvalue weighted by Crippen LogP contribution is 2.55. The predicted molar refractivity (Wildman–Crippen MR) is 50.1 cm³/mol. The van der Waals surface area contributed by atoms with Crippen LogP contribution in [0.25, 0.3) is 0 Å². The Morgan fingerprint density at radius 1 is 1.08 bits per heavy atom. The molecule has 3 atom stereocenters. The summed E-state index contributed by atoms with van der Waals surface area (Å²) >= 11 is 0. The van der Waals surface area contributed by atoms with E-state index >= 15 is 0 Å². The van der Waals surface area contributed by atoms with Crippen LogP contribution in [-0.2, 0) is 0 Å². The van der Waals surface area contributed by atoms with Gasteiger partial charge in [-0.25, -0.2) is 0 Å². The van der Waals surface area contributed by atoms with Crippen LogP contribution in [0.2, 0.25) is 0 Å². The zero-order valence-corrected chi connectivity index (χ0v) is 8.27. The first kappa shape index (κ1) is 7.37. The molecule has 0 aromatic heterocycles. The van der Waals surface area contributed by atoms with E-state index in [1.54, 1.807) is 0 Å². The SMILES string of the molecule is C[C@]12CCC3CN1[C@](C)(CC2)C3. The molecule has 3 heterocycles. The van der Waals surface area contributed by atoms with E-state index in [1.165, 1.54) is 38.6 Å². The van der Waals surface area contributed by atoms with Crippen molar-refractivity contribution in [1.82, 2.24) is 4.90 Å². The molecule has 0 N–H and O–H groups in total. The van der Waals surface area contributed by atoms with Crippen molar-refractivity contribution < 1.29 is 0 Å². The summed E-state index contributed by atoms with van der Waals surface area (Å²) < 4.78 is 0. The molecule has 0 saturated carbocycles. The summed E-state index contributed by atoms with van der Waals surface area (Å²) in [5.41, 5.74) is 1.21. The van der Waals surface area contributed by atoms with Crippen LogP contribution in [0.4, 0.5) is 0 Å². The lowest BCUT2D eigenvalue weighted by Gasteiger charge is -2.41. The van der Waals surface area contributed by atoms with Crippen LogP contribution >= 0.6 is 0 Å². The molecular formula is C11H19N. The fourth-order valence-electron chi connectivity index (χ4n) is 4.03. The molecular weight excluding hydrogens is 146 g/mol. The summed E-state index contributed by atoms with van der Waals surface area (Å²) in [6.07, 6.45) is 7.37. The van der Waals surface area contributed by atoms with Crippen molar-refractivity contribution in [2.45, 2.75) is 57.0 Å². The molecule has 0 amide bonds. The maximum Gasteiger partial charge on any atom is 0.0190 e. The Hall–Kier alpha value is -0.0400. The number of piperidine rings is 1. The van der Waals surface area contributed by atoms with E-state index in [9.17, 15) is 0 Å². The minimum atomic E-state index is 0.599. The predicted octanol–water partition coefficient (Wildman–Crippen LogP) is 2.41. The first-order valence-corrected chi connectivity index (χ1v) is 5.40. The van der Waals surface area contributed by atoms with E-state index in [4.69, 9.17) is 0 Å². The standard InChI is InChI=1S/C11H19N/c1-10-4-3-9-7-11(2,6-5-10)12(10)8-9/h9H,3-8H2,1-2H3/t9?,10-,11-/m1/s1. The molecule has 3 fully saturated rings. The average molecular weight is 165 g/mol. The van der Waals surface area contributed by atoms with E-state index in [2.05, 4.69) is 18.7 Å². The summed E-state index contributed by atoms with van der Waals surface area (Å²) in [5, 5.41) is 0. The summed E-state index contributed by atoms with van der Waals surface area (Å²) in [4.78, 5) is 2.83. The van der Waals surface area contributed by atoms with Gasteiger partial charge in [0.1, 0.15) is 0 Å². The fourth-order valence-corrected chi connectivity index (χ4v) is 4.03. The van der Waals surface area contributed by atoms with Crippen LogP contribution in [0, 0.1) is 5.92 Å². The van der Waals surface area contributed by atoms with Crippen molar-refractivity contribution in [3.8, 4) is 0 Å².